The molecule has 0 saturated heterocycles. The molecular weight excluding hydrogens is 290 g/mol. The SMILES string of the molecule is NC(=O)c1cnc(NCC(O)Cc2ccccc2)c(Cl)c1. The fourth-order valence-electron chi connectivity index (χ4n) is 1.88. The third-order valence-corrected chi connectivity index (χ3v) is 3.23. The summed E-state index contributed by atoms with van der Waals surface area (Å²) in [4.78, 5) is 15.0. The van der Waals surface area contributed by atoms with E-state index in [0.717, 1.165) is 5.56 Å². The van der Waals surface area contributed by atoms with Crippen molar-refractivity contribution in [1.29, 1.82) is 0 Å². The molecule has 1 unspecified atom stereocenters. The smallest absolute Gasteiger partial charge is 0.250 e. The Morgan fingerprint density at radius 2 is 2.10 bits per heavy atom. The number of anilines is 1. The Hall–Kier alpha value is -2.11. The number of hydrogen-bond donors (Lipinski definition) is 3. The molecule has 0 aliphatic rings. The number of carbonyl (C=O) groups is 1. The zero-order chi connectivity index (χ0) is 15.2. The molecule has 2 rings (SSSR count). The number of pyridine rings is 1. The summed E-state index contributed by atoms with van der Waals surface area (Å²) >= 11 is 6.00. The van der Waals surface area contributed by atoms with E-state index in [2.05, 4.69) is 10.3 Å². The van der Waals surface area contributed by atoms with Crippen LogP contribution in [0.4, 0.5) is 5.82 Å². The van der Waals surface area contributed by atoms with Crippen LogP contribution < -0.4 is 11.1 Å². The van der Waals surface area contributed by atoms with Crippen LogP contribution >= 0.6 is 11.6 Å². The van der Waals surface area contributed by atoms with Crippen molar-refractivity contribution in [2.24, 2.45) is 5.73 Å². The lowest BCUT2D eigenvalue weighted by Crippen LogP contribution is -2.22. The van der Waals surface area contributed by atoms with Crippen LogP contribution in [0.25, 0.3) is 0 Å². The summed E-state index contributed by atoms with van der Waals surface area (Å²) in [5.74, 6) is -0.172. The number of nitrogens with zero attached hydrogens (tertiary/aromatic N) is 1. The van der Waals surface area contributed by atoms with Crippen molar-refractivity contribution in [3.8, 4) is 0 Å². The van der Waals surface area contributed by atoms with Gasteiger partial charge in [0, 0.05) is 19.2 Å². The quantitative estimate of drug-likeness (QED) is 0.760. The Morgan fingerprint density at radius 3 is 2.71 bits per heavy atom. The molecule has 1 amide bonds. The van der Waals surface area contributed by atoms with E-state index in [9.17, 15) is 9.90 Å². The van der Waals surface area contributed by atoms with Crippen molar-refractivity contribution in [2.45, 2.75) is 12.5 Å². The number of aromatic nitrogens is 1. The molecule has 1 aromatic heterocycles. The molecular formula is C15H16ClN3O2. The van der Waals surface area contributed by atoms with Gasteiger partial charge < -0.3 is 16.2 Å². The number of carbonyl (C=O) groups excluding carboxylic acids is 1. The summed E-state index contributed by atoms with van der Waals surface area (Å²) in [6.45, 7) is 0.303. The summed E-state index contributed by atoms with van der Waals surface area (Å²) in [5, 5.41) is 13.2. The van der Waals surface area contributed by atoms with Gasteiger partial charge in [-0.1, -0.05) is 41.9 Å². The van der Waals surface area contributed by atoms with Crippen molar-refractivity contribution in [3.05, 3.63) is 58.7 Å². The molecule has 0 saturated carbocycles. The minimum Gasteiger partial charge on any atom is -0.391 e. The first kappa shape index (κ1) is 15.3. The number of amides is 1. The average Bonchev–Trinajstić information content (AvgIpc) is 2.47. The molecule has 0 aliphatic heterocycles. The lowest BCUT2D eigenvalue weighted by molar-refractivity contribution is 0.1000. The topological polar surface area (TPSA) is 88.2 Å². The molecule has 0 aliphatic carbocycles. The molecule has 21 heavy (non-hydrogen) atoms. The second kappa shape index (κ2) is 7.06. The average molecular weight is 306 g/mol. The van der Waals surface area contributed by atoms with Crippen molar-refractivity contribution in [2.75, 3.05) is 11.9 Å². The molecule has 4 N–H and O–H groups in total. The van der Waals surface area contributed by atoms with Crippen molar-refractivity contribution in [3.63, 3.8) is 0 Å². The Kier molecular flexibility index (Phi) is 5.14. The second-order valence-electron chi connectivity index (χ2n) is 4.64. The number of aliphatic hydroxyl groups is 1. The zero-order valence-electron chi connectivity index (χ0n) is 11.3. The maximum Gasteiger partial charge on any atom is 0.250 e. The monoisotopic (exact) mass is 305 g/mol. The molecule has 110 valence electrons. The van der Waals surface area contributed by atoms with E-state index in [0.29, 0.717) is 23.8 Å². The second-order valence-corrected chi connectivity index (χ2v) is 5.05. The number of aliphatic hydroxyl groups excluding tert-OH is 1. The Morgan fingerprint density at radius 1 is 1.38 bits per heavy atom. The van der Waals surface area contributed by atoms with E-state index in [-0.39, 0.29) is 5.56 Å². The molecule has 1 aromatic carbocycles. The molecule has 6 heteroatoms. The maximum absolute atomic E-state index is 11.0. The zero-order valence-corrected chi connectivity index (χ0v) is 12.0. The minimum absolute atomic E-state index is 0.246. The molecule has 0 fully saturated rings. The maximum atomic E-state index is 11.0. The van der Waals surface area contributed by atoms with E-state index >= 15 is 0 Å². The number of primary amides is 1. The Bertz CT molecular complexity index is 620. The number of halogens is 1. The number of rotatable bonds is 6. The molecule has 0 bridgehead atoms. The van der Waals surface area contributed by atoms with Crippen molar-refractivity contribution >= 4 is 23.3 Å². The summed E-state index contributed by atoms with van der Waals surface area (Å²) in [5.41, 5.74) is 6.44. The van der Waals surface area contributed by atoms with Crippen LogP contribution in [0, 0.1) is 0 Å². The van der Waals surface area contributed by atoms with Gasteiger partial charge in [0.15, 0.2) is 0 Å². The molecule has 1 heterocycles. The highest BCUT2D eigenvalue weighted by molar-refractivity contribution is 6.33. The first-order valence-corrected chi connectivity index (χ1v) is 6.85. The lowest BCUT2D eigenvalue weighted by atomic mass is 10.1. The van der Waals surface area contributed by atoms with Gasteiger partial charge in [-0.15, -0.1) is 0 Å². The van der Waals surface area contributed by atoms with Crippen LogP contribution in [-0.2, 0) is 6.42 Å². The first-order valence-electron chi connectivity index (χ1n) is 6.47. The first-order chi connectivity index (χ1) is 10.1. The van der Waals surface area contributed by atoms with Crippen LogP contribution in [0.15, 0.2) is 42.6 Å². The summed E-state index contributed by atoms with van der Waals surface area (Å²) in [7, 11) is 0. The normalized spacial score (nSPS) is 11.9. The molecule has 0 radical (unpaired) electrons. The molecule has 1 atom stereocenters. The summed E-state index contributed by atoms with van der Waals surface area (Å²) in [6, 6.07) is 11.1. The standard InChI is InChI=1S/C15H16ClN3O2/c16-13-7-11(14(17)21)8-18-15(13)19-9-12(20)6-10-4-2-1-3-5-10/h1-5,7-8,12,20H,6,9H2,(H2,17,21)(H,18,19). The highest BCUT2D eigenvalue weighted by Crippen LogP contribution is 2.20. The van der Waals surface area contributed by atoms with E-state index in [1.165, 1.54) is 12.3 Å². The largest absolute Gasteiger partial charge is 0.391 e. The van der Waals surface area contributed by atoms with Crippen LogP contribution in [0.1, 0.15) is 15.9 Å². The van der Waals surface area contributed by atoms with E-state index in [1.807, 2.05) is 30.3 Å². The summed E-state index contributed by atoms with van der Waals surface area (Å²) in [6.07, 6.45) is 1.31. The van der Waals surface area contributed by atoms with Gasteiger partial charge in [0.05, 0.1) is 16.7 Å². The van der Waals surface area contributed by atoms with Gasteiger partial charge in [0.2, 0.25) is 5.91 Å². The van der Waals surface area contributed by atoms with Gasteiger partial charge in [-0.3, -0.25) is 4.79 Å². The van der Waals surface area contributed by atoms with Gasteiger partial charge in [-0.25, -0.2) is 4.98 Å². The van der Waals surface area contributed by atoms with Gasteiger partial charge in [0.1, 0.15) is 5.82 Å². The van der Waals surface area contributed by atoms with Crippen LogP contribution in [0.2, 0.25) is 5.02 Å². The van der Waals surface area contributed by atoms with Crippen molar-refractivity contribution in [1.82, 2.24) is 4.98 Å². The van der Waals surface area contributed by atoms with Crippen molar-refractivity contribution < 1.29 is 9.90 Å². The molecule has 0 spiro atoms. The number of benzene rings is 1. The van der Waals surface area contributed by atoms with Crippen LogP contribution in [0.5, 0.6) is 0 Å². The number of nitrogens with two attached hydrogens (primary N) is 1. The fraction of sp³-hybridized carbons (Fsp3) is 0.200. The van der Waals surface area contributed by atoms with Gasteiger partial charge in [0.25, 0.3) is 0 Å². The highest BCUT2D eigenvalue weighted by atomic mass is 35.5. The van der Waals surface area contributed by atoms with Gasteiger partial charge >= 0.3 is 0 Å². The fourth-order valence-corrected chi connectivity index (χ4v) is 2.11. The van der Waals surface area contributed by atoms with Gasteiger partial charge in [-0.2, -0.15) is 0 Å². The number of hydrogen-bond acceptors (Lipinski definition) is 4. The minimum atomic E-state index is -0.583. The Balaban J connectivity index is 1.92. The molecule has 2 aromatic rings. The van der Waals surface area contributed by atoms with E-state index in [1.54, 1.807) is 0 Å². The highest BCUT2D eigenvalue weighted by Gasteiger charge is 2.10. The van der Waals surface area contributed by atoms with Gasteiger partial charge in [-0.05, 0) is 11.6 Å². The number of nitrogens with one attached hydrogen (secondary N) is 1. The van der Waals surface area contributed by atoms with Crippen LogP contribution in [0.3, 0.4) is 0 Å². The molecule has 5 nitrogen and oxygen atoms in total. The Labute approximate surface area is 127 Å². The van der Waals surface area contributed by atoms with Crippen LogP contribution in [-0.4, -0.2) is 28.6 Å². The third-order valence-electron chi connectivity index (χ3n) is 2.94. The predicted molar refractivity (Wildman–Crippen MR) is 82.4 cm³/mol. The van der Waals surface area contributed by atoms with E-state index < -0.39 is 12.0 Å². The lowest BCUT2D eigenvalue weighted by Gasteiger charge is -2.13. The van der Waals surface area contributed by atoms with E-state index in [4.69, 9.17) is 17.3 Å². The summed E-state index contributed by atoms with van der Waals surface area (Å²) < 4.78 is 0. The predicted octanol–water partition coefficient (Wildman–Crippen LogP) is 1.85. The third kappa shape index (κ3) is 4.44.